The van der Waals surface area contributed by atoms with Gasteiger partial charge in [-0.15, -0.1) is 0 Å². The highest BCUT2D eigenvalue weighted by Gasteiger charge is 2.25. The summed E-state index contributed by atoms with van der Waals surface area (Å²) in [4.78, 5) is 0. The van der Waals surface area contributed by atoms with Crippen LogP contribution < -0.4 is 5.32 Å². The fourth-order valence-electron chi connectivity index (χ4n) is 1.92. The molecule has 2 unspecified atom stereocenters. The predicted octanol–water partition coefficient (Wildman–Crippen LogP) is 1.05. The molecule has 0 bridgehead atoms. The lowest BCUT2D eigenvalue weighted by atomic mass is 10.1. The van der Waals surface area contributed by atoms with E-state index in [1.54, 1.807) is 4.31 Å². The Balaban J connectivity index is 2.39. The van der Waals surface area contributed by atoms with Crippen molar-refractivity contribution in [3.05, 3.63) is 0 Å². The monoisotopic (exact) mass is 248 g/mol. The Morgan fingerprint density at radius 2 is 2.19 bits per heavy atom. The summed E-state index contributed by atoms with van der Waals surface area (Å²) in [6, 6.07) is 0.331. The topological polar surface area (TPSA) is 49.4 Å². The van der Waals surface area contributed by atoms with E-state index >= 15 is 0 Å². The number of hydrogen-bond donors (Lipinski definition) is 1. The van der Waals surface area contributed by atoms with E-state index in [-0.39, 0.29) is 0 Å². The number of nitrogens with zero attached hydrogens (tertiary/aromatic N) is 1. The second kappa shape index (κ2) is 5.98. The molecule has 0 spiro atoms. The van der Waals surface area contributed by atoms with Crippen LogP contribution in [0.1, 0.15) is 33.1 Å². The molecule has 1 rings (SSSR count). The molecular weight excluding hydrogens is 224 g/mol. The standard InChI is InChI=1S/C11H24N2O2S/c1-4-10(2)8-12-11-6-5-7-13(9-11)16(3,14)15/h10-12H,4-9H2,1-3H3. The molecule has 0 amide bonds. The van der Waals surface area contributed by atoms with Gasteiger partial charge in [-0.05, 0) is 25.3 Å². The van der Waals surface area contributed by atoms with Crippen molar-refractivity contribution in [3.63, 3.8) is 0 Å². The summed E-state index contributed by atoms with van der Waals surface area (Å²) in [5.41, 5.74) is 0. The first kappa shape index (κ1) is 13.9. The van der Waals surface area contributed by atoms with Crippen molar-refractivity contribution in [2.45, 2.75) is 39.2 Å². The molecule has 0 aromatic rings. The van der Waals surface area contributed by atoms with E-state index in [1.807, 2.05) is 0 Å². The summed E-state index contributed by atoms with van der Waals surface area (Å²) in [6.07, 6.45) is 4.51. The molecule has 4 nitrogen and oxygen atoms in total. The number of nitrogens with one attached hydrogen (secondary N) is 1. The van der Waals surface area contributed by atoms with Crippen LogP contribution in [0.2, 0.25) is 0 Å². The smallest absolute Gasteiger partial charge is 0.211 e. The Bertz CT molecular complexity index is 303. The van der Waals surface area contributed by atoms with Crippen LogP contribution in [0.15, 0.2) is 0 Å². The number of rotatable bonds is 5. The molecule has 1 aliphatic heterocycles. The van der Waals surface area contributed by atoms with Gasteiger partial charge in [0, 0.05) is 19.1 Å². The number of sulfonamides is 1. The van der Waals surface area contributed by atoms with Crippen LogP contribution in [0.5, 0.6) is 0 Å². The van der Waals surface area contributed by atoms with E-state index in [0.29, 0.717) is 25.0 Å². The first-order valence-corrected chi connectivity index (χ1v) is 7.96. The minimum absolute atomic E-state index is 0.331. The van der Waals surface area contributed by atoms with Crippen LogP contribution in [-0.2, 0) is 10.0 Å². The van der Waals surface area contributed by atoms with E-state index in [4.69, 9.17) is 0 Å². The molecule has 5 heteroatoms. The van der Waals surface area contributed by atoms with E-state index in [2.05, 4.69) is 19.2 Å². The van der Waals surface area contributed by atoms with Gasteiger partial charge in [-0.2, -0.15) is 0 Å². The Morgan fingerprint density at radius 3 is 2.75 bits per heavy atom. The Kier molecular flexibility index (Phi) is 5.21. The molecule has 0 radical (unpaired) electrons. The molecule has 1 saturated heterocycles. The van der Waals surface area contributed by atoms with E-state index in [0.717, 1.165) is 25.8 Å². The molecule has 96 valence electrons. The second-order valence-corrected chi connectivity index (χ2v) is 6.86. The van der Waals surface area contributed by atoms with Gasteiger partial charge in [-0.3, -0.25) is 0 Å². The largest absolute Gasteiger partial charge is 0.312 e. The van der Waals surface area contributed by atoms with Gasteiger partial charge >= 0.3 is 0 Å². The van der Waals surface area contributed by atoms with E-state index in [9.17, 15) is 8.42 Å². The van der Waals surface area contributed by atoms with Crippen LogP contribution in [0.3, 0.4) is 0 Å². The highest BCUT2D eigenvalue weighted by atomic mass is 32.2. The number of piperidine rings is 1. The summed E-state index contributed by atoms with van der Waals surface area (Å²) in [5, 5.41) is 3.47. The zero-order valence-corrected chi connectivity index (χ0v) is 11.4. The van der Waals surface area contributed by atoms with Gasteiger partial charge in [0.2, 0.25) is 10.0 Å². The van der Waals surface area contributed by atoms with Crippen LogP contribution in [-0.4, -0.2) is 44.7 Å². The third-order valence-corrected chi connectivity index (χ3v) is 4.57. The first-order chi connectivity index (χ1) is 7.43. The normalized spacial score (nSPS) is 25.6. The van der Waals surface area contributed by atoms with Crippen molar-refractivity contribution in [2.24, 2.45) is 5.92 Å². The molecule has 2 atom stereocenters. The first-order valence-electron chi connectivity index (χ1n) is 6.12. The van der Waals surface area contributed by atoms with Gasteiger partial charge in [0.05, 0.1) is 6.26 Å². The van der Waals surface area contributed by atoms with Gasteiger partial charge in [-0.1, -0.05) is 20.3 Å². The second-order valence-electron chi connectivity index (χ2n) is 4.88. The van der Waals surface area contributed by atoms with Gasteiger partial charge in [0.15, 0.2) is 0 Å². The third kappa shape index (κ3) is 4.39. The Morgan fingerprint density at radius 1 is 1.50 bits per heavy atom. The lowest BCUT2D eigenvalue weighted by molar-refractivity contribution is 0.276. The summed E-state index contributed by atoms with van der Waals surface area (Å²) in [7, 11) is -3.01. The molecule has 1 aliphatic rings. The van der Waals surface area contributed by atoms with Crippen molar-refractivity contribution >= 4 is 10.0 Å². The zero-order chi connectivity index (χ0) is 12.2. The molecule has 1 N–H and O–H groups in total. The summed E-state index contributed by atoms with van der Waals surface area (Å²) < 4.78 is 24.4. The highest BCUT2D eigenvalue weighted by Crippen LogP contribution is 2.13. The maximum atomic E-state index is 11.4. The molecule has 0 saturated carbocycles. The van der Waals surface area contributed by atoms with Crippen LogP contribution in [0, 0.1) is 5.92 Å². The molecule has 0 aliphatic carbocycles. The highest BCUT2D eigenvalue weighted by molar-refractivity contribution is 7.88. The van der Waals surface area contributed by atoms with Crippen molar-refractivity contribution < 1.29 is 8.42 Å². The molecule has 16 heavy (non-hydrogen) atoms. The average molecular weight is 248 g/mol. The van der Waals surface area contributed by atoms with Crippen molar-refractivity contribution in [3.8, 4) is 0 Å². The molecule has 0 aromatic carbocycles. The van der Waals surface area contributed by atoms with Crippen LogP contribution in [0.4, 0.5) is 0 Å². The summed E-state index contributed by atoms with van der Waals surface area (Å²) in [5.74, 6) is 0.661. The number of hydrogen-bond acceptors (Lipinski definition) is 3. The maximum absolute atomic E-state index is 11.4. The van der Waals surface area contributed by atoms with Gasteiger partial charge in [0.1, 0.15) is 0 Å². The van der Waals surface area contributed by atoms with Crippen molar-refractivity contribution in [1.29, 1.82) is 0 Å². The minimum Gasteiger partial charge on any atom is -0.312 e. The fraction of sp³-hybridized carbons (Fsp3) is 1.00. The van der Waals surface area contributed by atoms with Crippen LogP contribution >= 0.6 is 0 Å². The third-order valence-electron chi connectivity index (χ3n) is 3.31. The molecule has 1 fully saturated rings. The molecular formula is C11H24N2O2S. The van der Waals surface area contributed by atoms with Crippen LogP contribution in [0.25, 0.3) is 0 Å². The minimum atomic E-state index is -3.01. The zero-order valence-electron chi connectivity index (χ0n) is 10.6. The van der Waals surface area contributed by atoms with Gasteiger partial charge in [-0.25, -0.2) is 12.7 Å². The fourth-order valence-corrected chi connectivity index (χ4v) is 2.83. The Labute approximate surface area is 99.5 Å². The lowest BCUT2D eigenvalue weighted by Gasteiger charge is -2.32. The SMILES string of the molecule is CCC(C)CNC1CCCN(S(C)(=O)=O)C1. The van der Waals surface area contributed by atoms with Gasteiger partial charge in [0.25, 0.3) is 0 Å². The predicted molar refractivity (Wildman–Crippen MR) is 66.9 cm³/mol. The van der Waals surface area contributed by atoms with Crippen molar-refractivity contribution in [2.75, 3.05) is 25.9 Å². The summed E-state index contributed by atoms with van der Waals surface area (Å²) in [6.45, 7) is 6.69. The maximum Gasteiger partial charge on any atom is 0.211 e. The van der Waals surface area contributed by atoms with Gasteiger partial charge < -0.3 is 5.32 Å². The quantitative estimate of drug-likeness (QED) is 0.791. The average Bonchev–Trinajstić information content (AvgIpc) is 2.25. The van der Waals surface area contributed by atoms with Crippen molar-refractivity contribution in [1.82, 2.24) is 9.62 Å². The lowest BCUT2D eigenvalue weighted by Crippen LogP contribution is -2.48. The summed E-state index contributed by atoms with van der Waals surface area (Å²) >= 11 is 0. The Hall–Kier alpha value is -0.130. The molecule has 1 heterocycles. The molecule has 0 aromatic heterocycles. The van der Waals surface area contributed by atoms with E-state index < -0.39 is 10.0 Å². The van der Waals surface area contributed by atoms with E-state index in [1.165, 1.54) is 6.26 Å².